The molecule has 20 heavy (non-hydrogen) atoms. The molecule has 0 atom stereocenters. The fourth-order valence-electron chi connectivity index (χ4n) is 1.96. The van der Waals surface area contributed by atoms with Crippen LogP contribution >= 0.6 is 0 Å². The van der Waals surface area contributed by atoms with E-state index in [1.807, 2.05) is 31.0 Å². The van der Waals surface area contributed by atoms with E-state index in [1.54, 1.807) is 0 Å². The standard InChI is InChI=1S/C14H19N3O3/c1-4-17-8-11(6-15-17)7-16(2)9-12-5-13(18)14(19-3)10-20-12/h5-6,8,10H,4,7,9H2,1-3H3. The topological polar surface area (TPSA) is 60.5 Å². The van der Waals surface area contributed by atoms with Crippen LogP contribution in [-0.2, 0) is 19.6 Å². The van der Waals surface area contributed by atoms with Crippen molar-refractivity contribution in [1.82, 2.24) is 14.7 Å². The second-order valence-corrected chi connectivity index (χ2v) is 4.66. The zero-order chi connectivity index (χ0) is 14.5. The average Bonchev–Trinajstić information content (AvgIpc) is 2.86. The van der Waals surface area contributed by atoms with Crippen molar-refractivity contribution in [2.75, 3.05) is 14.2 Å². The van der Waals surface area contributed by atoms with Crippen LogP contribution in [0.15, 0.2) is 33.9 Å². The van der Waals surface area contributed by atoms with E-state index in [4.69, 9.17) is 9.15 Å². The maximum atomic E-state index is 11.6. The van der Waals surface area contributed by atoms with Crippen LogP contribution in [0.2, 0.25) is 0 Å². The van der Waals surface area contributed by atoms with Gasteiger partial charge in [-0.2, -0.15) is 5.10 Å². The van der Waals surface area contributed by atoms with E-state index in [0.717, 1.165) is 18.7 Å². The fraction of sp³-hybridized carbons (Fsp3) is 0.429. The molecule has 0 spiro atoms. The first-order valence-electron chi connectivity index (χ1n) is 6.48. The second-order valence-electron chi connectivity index (χ2n) is 4.66. The molecule has 6 heteroatoms. The van der Waals surface area contributed by atoms with Crippen molar-refractivity contribution in [3.8, 4) is 5.75 Å². The maximum Gasteiger partial charge on any atom is 0.227 e. The van der Waals surface area contributed by atoms with E-state index in [9.17, 15) is 4.79 Å². The molecule has 2 aromatic heterocycles. The lowest BCUT2D eigenvalue weighted by molar-refractivity contribution is 0.279. The molecule has 0 aliphatic carbocycles. The first-order chi connectivity index (χ1) is 9.62. The van der Waals surface area contributed by atoms with E-state index < -0.39 is 0 Å². The maximum absolute atomic E-state index is 11.6. The van der Waals surface area contributed by atoms with Crippen molar-refractivity contribution in [3.05, 3.63) is 46.3 Å². The molecule has 0 saturated carbocycles. The Morgan fingerprint density at radius 1 is 1.45 bits per heavy atom. The molecule has 2 rings (SSSR count). The summed E-state index contributed by atoms with van der Waals surface area (Å²) >= 11 is 0. The summed E-state index contributed by atoms with van der Waals surface area (Å²) in [6.07, 6.45) is 5.21. The van der Waals surface area contributed by atoms with Crippen LogP contribution in [0.1, 0.15) is 18.2 Å². The number of aryl methyl sites for hydroxylation is 1. The summed E-state index contributed by atoms with van der Waals surface area (Å²) in [6.45, 7) is 4.20. The average molecular weight is 277 g/mol. The van der Waals surface area contributed by atoms with Gasteiger partial charge in [0.05, 0.1) is 19.9 Å². The predicted molar refractivity (Wildman–Crippen MR) is 74.6 cm³/mol. The summed E-state index contributed by atoms with van der Waals surface area (Å²) in [6, 6.07) is 1.46. The minimum Gasteiger partial charge on any atom is -0.490 e. The Bertz CT molecular complexity index is 618. The van der Waals surface area contributed by atoms with Gasteiger partial charge in [0.15, 0.2) is 0 Å². The molecule has 108 valence electrons. The quantitative estimate of drug-likeness (QED) is 0.800. The molecule has 2 heterocycles. The van der Waals surface area contributed by atoms with Gasteiger partial charge in [-0.25, -0.2) is 0 Å². The van der Waals surface area contributed by atoms with Crippen LogP contribution < -0.4 is 10.2 Å². The lowest BCUT2D eigenvalue weighted by Gasteiger charge is -2.14. The molecule has 0 saturated heterocycles. The molecule has 0 aliphatic rings. The third-order valence-electron chi connectivity index (χ3n) is 2.96. The van der Waals surface area contributed by atoms with Crippen molar-refractivity contribution in [2.45, 2.75) is 26.6 Å². The normalized spacial score (nSPS) is 11.0. The number of hydrogen-bond donors (Lipinski definition) is 0. The Morgan fingerprint density at radius 2 is 2.25 bits per heavy atom. The molecule has 0 aliphatic heterocycles. The van der Waals surface area contributed by atoms with Gasteiger partial charge in [-0.15, -0.1) is 0 Å². The number of methoxy groups -OCH3 is 1. The largest absolute Gasteiger partial charge is 0.490 e. The van der Waals surface area contributed by atoms with E-state index in [2.05, 4.69) is 10.00 Å². The highest BCUT2D eigenvalue weighted by atomic mass is 16.5. The first-order valence-corrected chi connectivity index (χ1v) is 6.48. The summed E-state index contributed by atoms with van der Waals surface area (Å²) in [5.74, 6) is 0.835. The summed E-state index contributed by atoms with van der Waals surface area (Å²) in [7, 11) is 3.41. The van der Waals surface area contributed by atoms with Gasteiger partial charge in [-0.05, 0) is 14.0 Å². The zero-order valence-electron chi connectivity index (χ0n) is 12.0. The van der Waals surface area contributed by atoms with Gasteiger partial charge in [-0.1, -0.05) is 0 Å². The molecule has 0 fully saturated rings. The third kappa shape index (κ3) is 3.48. The number of hydrogen-bond acceptors (Lipinski definition) is 5. The minimum absolute atomic E-state index is 0.166. The SMILES string of the molecule is CCn1cc(CN(C)Cc2cc(=O)c(OC)co2)cn1. The molecular weight excluding hydrogens is 258 g/mol. The molecule has 0 N–H and O–H groups in total. The summed E-state index contributed by atoms with van der Waals surface area (Å²) in [5, 5.41) is 4.23. The number of nitrogens with zero attached hydrogens (tertiary/aromatic N) is 3. The fourth-order valence-corrected chi connectivity index (χ4v) is 1.96. The summed E-state index contributed by atoms with van der Waals surface area (Å²) in [5.41, 5.74) is 0.964. The van der Waals surface area contributed by atoms with Crippen LogP contribution in [-0.4, -0.2) is 28.8 Å². The van der Waals surface area contributed by atoms with Gasteiger partial charge in [0.25, 0.3) is 0 Å². The highest BCUT2D eigenvalue weighted by Gasteiger charge is 2.08. The van der Waals surface area contributed by atoms with Gasteiger partial charge in [0, 0.05) is 30.9 Å². The van der Waals surface area contributed by atoms with Crippen LogP contribution in [0, 0.1) is 0 Å². The number of aromatic nitrogens is 2. The molecule has 2 aromatic rings. The minimum atomic E-state index is -0.166. The molecular formula is C14H19N3O3. The highest BCUT2D eigenvalue weighted by Crippen LogP contribution is 2.09. The molecule has 0 unspecified atom stereocenters. The third-order valence-corrected chi connectivity index (χ3v) is 2.96. The van der Waals surface area contributed by atoms with Crippen LogP contribution in [0.25, 0.3) is 0 Å². The van der Waals surface area contributed by atoms with Gasteiger partial charge >= 0.3 is 0 Å². The van der Waals surface area contributed by atoms with Crippen LogP contribution in [0.3, 0.4) is 0 Å². The van der Waals surface area contributed by atoms with Gasteiger partial charge in [-0.3, -0.25) is 14.4 Å². The van der Waals surface area contributed by atoms with Crippen molar-refractivity contribution in [3.63, 3.8) is 0 Å². The Labute approximate surface area is 117 Å². The van der Waals surface area contributed by atoms with Gasteiger partial charge in [0.2, 0.25) is 11.2 Å². The smallest absolute Gasteiger partial charge is 0.227 e. The summed E-state index contributed by atoms with van der Waals surface area (Å²) < 4.78 is 12.1. The molecule has 0 radical (unpaired) electrons. The van der Waals surface area contributed by atoms with Crippen LogP contribution in [0.5, 0.6) is 5.75 Å². The molecule has 0 bridgehead atoms. The zero-order valence-corrected chi connectivity index (χ0v) is 12.0. The Kier molecular flexibility index (Phi) is 4.57. The highest BCUT2D eigenvalue weighted by molar-refractivity contribution is 5.17. The molecule has 0 aromatic carbocycles. The lowest BCUT2D eigenvalue weighted by Crippen LogP contribution is -2.18. The van der Waals surface area contributed by atoms with Gasteiger partial charge < -0.3 is 9.15 Å². The van der Waals surface area contributed by atoms with E-state index in [0.29, 0.717) is 12.3 Å². The Balaban J connectivity index is 1.98. The first kappa shape index (κ1) is 14.3. The molecule has 6 nitrogen and oxygen atoms in total. The monoisotopic (exact) mass is 277 g/mol. The predicted octanol–water partition coefficient (Wildman–Crippen LogP) is 1.50. The summed E-state index contributed by atoms with van der Waals surface area (Å²) in [4.78, 5) is 13.7. The van der Waals surface area contributed by atoms with Crippen LogP contribution in [0.4, 0.5) is 0 Å². The van der Waals surface area contributed by atoms with Crippen molar-refractivity contribution in [1.29, 1.82) is 0 Å². The molecule has 0 amide bonds. The van der Waals surface area contributed by atoms with Crippen molar-refractivity contribution < 1.29 is 9.15 Å². The Morgan fingerprint density at radius 3 is 2.85 bits per heavy atom. The number of ether oxygens (including phenoxy) is 1. The van der Waals surface area contributed by atoms with E-state index in [1.165, 1.54) is 19.4 Å². The van der Waals surface area contributed by atoms with E-state index >= 15 is 0 Å². The van der Waals surface area contributed by atoms with Gasteiger partial charge in [0.1, 0.15) is 12.0 Å². The number of rotatable bonds is 6. The van der Waals surface area contributed by atoms with Crippen molar-refractivity contribution in [2.24, 2.45) is 0 Å². The van der Waals surface area contributed by atoms with Crippen molar-refractivity contribution >= 4 is 0 Å². The Hall–Kier alpha value is -2.08. The second kappa shape index (κ2) is 6.38. The lowest BCUT2D eigenvalue weighted by atomic mass is 10.3. The van der Waals surface area contributed by atoms with E-state index in [-0.39, 0.29) is 11.2 Å².